The highest BCUT2D eigenvalue weighted by Gasteiger charge is 2.22. The average molecular weight is 421 g/mol. The minimum absolute atomic E-state index is 0.0500. The van der Waals surface area contributed by atoms with Crippen LogP contribution in [0.15, 0.2) is 33.6 Å². The summed E-state index contributed by atoms with van der Waals surface area (Å²) in [5, 5.41) is 2.49. The van der Waals surface area contributed by atoms with Crippen molar-refractivity contribution in [1.82, 2.24) is 10.0 Å². The Morgan fingerprint density at radius 2 is 1.88 bits per heavy atom. The molecule has 0 aliphatic rings. The van der Waals surface area contributed by atoms with Crippen LogP contribution in [-0.4, -0.2) is 40.0 Å². The Morgan fingerprint density at radius 3 is 2.42 bits per heavy atom. The number of unbranched alkanes of at least 4 members (excludes halogenated alkanes) is 1. The molecule has 0 fully saturated rings. The van der Waals surface area contributed by atoms with Crippen LogP contribution >= 0.6 is 15.9 Å². The number of hydrogen-bond acceptors (Lipinski definition) is 5. The Balaban J connectivity index is 2.63. The van der Waals surface area contributed by atoms with Crippen molar-refractivity contribution in [3.63, 3.8) is 0 Å². The third kappa shape index (κ3) is 6.58. The number of methoxy groups -OCH3 is 1. The number of rotatable bonds is 9. The summed E-state index contributed by atoms with van der Waals surface area (Å²) in [6.45, 7) is 1.50. The van der Waals surface area contributed by atoms with E-state index in [4.69, 9.17) is 0 Å². The Kier molecular flexibility index (Phi) is 8.37. The lowest BCUT2D eigenvalue weighted by Crippen LogP contribution is -2.45. The molecule has 0 saturated heterocycles. The zero-order valence-electron chi connectivity index (χ0n) is 13.5. The molecule has 0 aliphatic carbocycles. The third-order valence-electron chi connectivity index (χ3n) is 3.21. The number of halogens is 1. The van der Waals surface area contributed by atoms with Crippen molar-refractivity contribution in [3.05, 3.63) is 28.7 Å². The summed E-state index contributed by atoms with van der Waals surface area (Å²) in [4.78, 5) is 23.6. The van der Waals surface area contributed by atoms with Gasteiger partial charge in [0.05, 0.1) is 18.6 Å². The largest absolute Gasteiger partial charge is 0.467 e. The topological polar surface area (TPSA) is 102 Å². The first-order chi connectivity index (χ1) is 11.3. The van der Waals surface area contributed by atoms with Gasteiger partial charge in [0, 0.05) is 4.47 Å². The monoisotopic (exact) mass is 420 g/mol. The lowest BCUT2D eigenvalue weighted by atomic mass is 10.1. The van der Waals surface area contributed by atoms with Gasteiger partial charge in [0.1, 0.15) is 6.04 Å². The zero-order valence-corrected chi connectivity index (χ0v) is 15.9. The SMILES string of the molecule is CCCCC(NC(=O)CNS(=O)(=O)c1ccc(Br)cc1)C(=O)OC. The van der Waals surface area contributed by atoms with E-state index in [9.17, 15) is 18.0 Å². The molecule has 2 N–H and O–H groups in total. The summed E-state index contributed by atoms with van der Waals surface area (Å²) >= 11 is 3.22. The number of hydrogen-bond donors (Lipinski definition) is 2. The average Bonchev–Trinajstić information content (AvgIpc) is 2.56. The molecule has 1 atom stereocenters. The highest BCUT2D eigenvalue weighted by atomic mass is 79.9. The van der Waals surface area contributed by atoms with Crippen LogP contribution in [0.4, 0.5) is 0 Å². The number of sulfonamides is 1. The second-order valence-corrected chi connectivity index (χ2v) is 7.75. The smallest absolute Gasteiger partial charge is 0.328 e. The van der Waals surface area contributed by atoms with Crippen LogP contribution in [0.2, 0.25) is 0 Å². The van der Waals surface area contributed by atoms with Gasteiger partial charge in [0.25, 0.3) is 0 Å². The molecule has 0 heterocycles. The molecule has 0 radical (unpaired) electrons. The number of carbonyl (C=O) groups excluding carboxylic acids is 2. The number of benzene rings is 1. The Labute approximate surface area is 150 Å². The van der Waals surface area contributed by atoms with Gasteiger partial charge in [-0.3, -0.25) is 4.79 Å². The first-order valence-electron chi connectivity index (χ1n) is 7.42. The molecule has 1 aromatic rings. The number of amides is 1. The quantitative estimate of drug-likeness (QED) is 0.590. The van der Waals surface area contributed by atoms with E-state index in [1.54, 1.807) is 12.1 Å². The molecule has 7 nitrogen and oxygen atoms in total. The predicted molar refractivity (Wildman–Crippen MR) is 92.8 cm³/mol. The minimum Gasteiger partial charge on any atom is -0.467 e. The second kappa shape index (κ2) is 9.75. The highest BCUT2D eigenvalue weighted by molar-refractivity contribution is 9.10. The normalized spacial score (nSPS) is 12.5. The molecule has 1 amide bonds. The number of carbonyl (C=O) groups is 2. The van der Waals surface area contributed by atoms with Gasteiger partial charge in [0.15, 0.2) is 0 Å². The van der Waals surface area contributed by atoms with Crippen LogP contribution in [0.5, 0.6) is 0 Å². The van der Waals surface area contributed by atoms with Crippen LogP contribution in [0.3, 0.4) is 0 Å². The molecule has 0 saturated carbocycles. The molecule has 0 spiro atoms. The zero-order chi connectivity index (χ0) is 18.2. The Morgan fingerprint density at radius 1 is 1.25 bits per heavy atom. The second-order valence-electron chi connectivity index (χ2n) is 5.06. The molecule has 0 aromatic heterocycles. The molecule has 0 aliphatic heterocycles. The highest BCUT2D eigenvalue weighted by Crippen LogP contribution is 2.14. The molecule has 9 heteroatoms. The fraction of sp³-hybridized carbons (Fsp3) is 0.467. The summed E-state index contributed by atoms with van der Waals surface area (Å²) in [5.74, 6) is -1.14. The molecule has 24 heavy (non-hydrogen) atoms. The summed E-state index contributed by atoms with van der Waals surface area (Å²) in [6.07, 6.45) is 2.04. The number of nitrogens with one attached hydrogen (secondary N) is 2. The van der Waals surface area contributed by atoms with Crippen molar-refractivity contribution in [2.75, 3.05) is 13.7 Å². The van der Waals surface area contributed by atoms with E-state index < -0.39 is 34.5 Å². The van der Waals surface area contributed by atoms with E-state index in [1.807, 2.05) is 6.92 Å². The minimum atomic E-state index is -3.80. The van der Waals surface area contributed by atoms with E-state index in [-0.39, 0.29) is 4.90 Å². The molecule has 1 rings (SSSR count). The van der Waals surface area contributed by atoms with Crippen LogP contribution in [0.1, 0.15) is 26.2 Å². The van der Waals surface area contributed by atoms with Gasteiger partial charge in [-0.1, -0.05) is 35.7 Å². The van der Waals surface area contributed by atoms with Gasteiger partial charge in [-0.05, 0) is 30.7 Å². The third-order valence-corrected chi connectivity index (χ3v) is 5.16. The fourth-order valence-corrected chi connectivity index (χ4v) is 3.15. The van der Waals surface area contributed by atoms with Gasteiger partial charge < -0.3 is 10.1 Å². The van der Waals surface area contributed by atoms with Crippen molar-refractivity contribution in [3.8, 4) is 0 Å². The maximum atomic E-state index is 12.1. The first-order valence-corrected chi connectivity index (χ1v) is 9.70. The summed E-state index contributed by atoms with van der Waals surface area (Å²) < 4.78 is 31.8. The fourth-order valence-electron chi connectivity index (χ4n) is 1.90. The van der Waals surface area contributed by atoms with Crippen LogP contribution in [0.25, 0.3) is 0 Å². The maximum Gasteiger partial charge on any atom is 0.328 e. The Hall–Kier alpha value is -1.45. The first kappa shape index (κ1) is 20.6. The van der Waals surface area contributed by atoms with E-state index in [2.05, 4.69) is 30.7 Å². The van der Waals surface area contributed by atoms with Crippen molar-refractivity contribution >= 4 is 37.8 Å². The van der Waals surface area contributed by atoms with Gasteiger partial charge in [0.2, 0.25) is 15.9 Å². The van der Waals surface area contributed by atoms with E-state index >= 15 is 0 Å². The van der Waals surface area contributed by atoms with Gasteiger partial charge >= 0.3 is 5.97 Å². The lowest BCUT2D eigenvalue weighted by molar-refractivity contribution is -0.145. The van der Waals surface area contributed by atoms with Crippen LogP contribution in [0, 0.1) is 0 Å². The van der Waals surface area contributed by atoms with Crippen molar-refractivity contribution in [2.24, 2.45) is 0 Å². The number of esters is 1. The summed E-state index contributed by atoms with van der Waals surface area (Å²) in [6, 6.07) is 5.24. The van der Waals surface area contributed by atoms with Crippen molar-refractivity contribution in [2.45, 2.75) is 37.1 Å². The van der Waals surface area contributed by atoms with Crippen molar-refractivity contribution in [1.29, 1.82) is 0 Å². The Bertz CT molecular complexity index is 661. The molecular weight excluding hydrogens is 400 g/mol. The summed E-state index contributed by atoms with van der Waals surface area (Å²) in [7, 11) is -2.56. The van der Waals surface area contributed by atoms with E-state index in [0.29, 0.717) is 6.42 Å². The number of ether oxygens (including phenoxy) is 1. The molecule has 0 bridgehead atoms. The maximum absolute atomic E-state index is 12.1. The molecular formula is C15H21BrN2O5S. The van der Waals surface area contributed by atoms with E-state index in [1.165, 1.54) is 19.2 Å². The molecule has 1 aromatic carbocycles. The van der Waals surface area contributed by atoms with Crippen LogP contribution < -0.4 is 10.0 Å². The van der Waals surface area contributed by atoms with Crippen LogP contribution in [-0.2, 0) is 24.3 Å². The van der Waals surface area contributed by atoms with Gasteiger partial charge in [-0.2, -0.15) is 0 Å². The van der Waals surface area contributed by atoms with Gasteiger partial charge in [-0.15, -0.1) is 0 Å². The lowest BCUT2D eigenvalue weighted by Gasteiger charge is -2.16. The summed E-state index contributed by atoms with van der Waals surface area (Å²) in [5.41, 5.74) is 0. The molecule has 134 valence electrons. The standard InChI is InChI=1S/C15H21BrN2O5S/c1-3-4-5-13(15(20)23-2)18-14(19)10-17-24(21,22)12-8-6-11(16)7-9-12/h6-9,13,17H,3-5,10H2,1-2H3,(H,18,19). The van der Waals surface area contributed by atoms with E-state index in [0.717, 1.165) is 17.3 Å². The predicted octanol–water partition coefficient (Wildman–Crippen LogP) is 1.58. The molecule has 1 unspecified atom stereocenters. The van der Waals surface area contributed by atoms with Gasteiger partial charge in [-0.25, -0.2) is 17.9 Å². The van der Waals surface area contributed by atoms with Crippen molar-refractivity contribution < 1.29 is 22.7 Å².